The van der Waals surface area contributed by atoms with Gasteiger partial charge in [-0.05, 0) is 44.2 Å². The van der Waals surface area contributed by atoms with Crippen LogP contribution in [0, 0.1) is 0 Å². The first kappa shape index (κ1) is 11.8. The molecular weight excluding hydrogens is 336 g/mol. The van der Waals surface area contributed by atoms with E-state index in [4.69, 9.17) is 0 Å². The van der Waals surface area contributed by atoms with Crippen molar-refractivity contribution in [2.75, 3.05) is 12.0 Å². The molecule has 0 amide bonds. The fraction of sp³-hybridized carbons (Fsp3) is 0.375. The van der Waals surface area contributed by atoms with Gasteiger partial charge in [0.2, 0.25) is 0 Å². The van der Waals surface area contributed by atoms with Gasteiger partial charge < -0.3 is 0 Å². The third kappa shape index (κ3) is 3.38. The van der Waals surface area contributed by atoms with Gasteiger partial charge >= 0.3 is 0 Å². The van der Waals surface area contributed by atoms with Crippen LogP contribution in [0.15, 0.2) is 14.3 Å². The highest BCUT2D eigenvalue weighted by Crippen LogP contribution is 2.32. The van der Waals surface area contributed by atoms with Crippen LogP contribution in [0.4, 0.5) is 0 Å². The van der Waals surface area contributed by atoms with E-state index in [9.17, 15) is 4.79 Å². The van der Waals surface area contributed by atoms with E-state index in [2.05, 4.69) is 31.9 Å². The van der Waals surface area contributed by atoms with Crippen LogP contribution in [0.2, 0.25) is 0 Å². The average molecular weight is 344 g/mol. The monoisotopic (exact) mass is 342 g/mol. The average Bonchev–Trinajstić information content (AvgIpc) is 2.43. The summed E-state index contributed by atoms with van der Waals surface area (Å²) >= 11 is 9.91. The molecule has 0 aliphatic heterocycles. The number of Topliss-reactive ketones (excluding diaryl/α,β-unsaturated/α-hetero) is 1. The van der Waals surface area contributed by atoms with Gasteiger partial charge in [-0.15, -0.1) is 11.3 Å². The van der Waals surface area contributed by atoms with Crippen LogP contribution in [-0.2, 0) is 0 Å². The van der Waals surface area contributed by atoms with E-state index >= 15 is 0 Å². The first-order chi connectivity index (χ1) is 6.15. The third-order valence-electron chi connectivity index (χ3n) is 1.45. The molecule has 0 atom stereocenters. The molecular formula is C8H8Br2OS2. The second-order valence-corrected chi connectivity index (χ2v) is 6.61. The summed E-state index contributed by atoms with van der Waals surface area (Å²) in [6, 6.07) is 1.87. The SMILES string of the molecule is CSCCC(=O)c1cc(Br)c(Br)s1. The maximum atomic E-state index is 11.5. The molecule has 0 saturated carbocycles. The predicted molar refractivity (Wildman–Crippen MR) is 67.0 cm³/mol. The number of hydrogen-bond donors (Lipinski definition) is 0. The van der Waals surface area contributed by atoms with E-state index in [0.717, 1.165) is 18.9 Å². The zero-order chi connectivity index (χ0) is 9.84. The van der Waals surface area contributed by atoms with Crippen molar-refractivity contribution < 1.29 is 4.79 Å². The predicted octanol–water partition coefficient (Wildman–Crippen LogP) is 4.21. The normalized spacial score (nSPS) is 10.4. The van der Waals surface area contributed by atoms with Crippen molar-refractivity contribution in [1.29, 1.82) is 0 Å². The number of thiophene rings is 1. The molecule has 13 heavy (non-hydrogen) atoms. The molecule has 0 aromatic carbocycles. The van der Waals surface area contributed by atoms with Crippen molar-refractivity contribution in [2.45, 2.75) is 6.42 Å². The largest absolute Gasteiger partial charge is 0.293 e. The molecule has 72 valence electrons. The van der Waals surface area contributed by atoms with Gasteiger partial charge in [-0.1, -0.05) is 0 Å². The molecule has 0 N–H and O–H groups in total. The maximum absolute atomic E-state index is 11.5. The first-order valence-corrected chi connectivity index (χ1v) is 7.41. The molecule has 1 aromatic heterocycles. The lowest BCUT2D eigenvalue weighted by Gasteiger charge is -1.93. The number of rotatable bonds is 4. The van der Waals surface area contributed by atoms with Gasteiger partial charge in [0.05, 0.1) is 8.66 Å². The summed E-state index contributed by atoms with van der Waals surface area (Å²) in [7, 11) is 0. The Labute approximate surface area is 103 Å². The van der Waals surface area contributed by atoms with E-state index in [1.165, 1.54) is 11.3 Å². The van der Waals surface area contributed by atoms with Gasteiger partial charge in [0.25, 0.3) is 0 Å². The number of hydrogen-bond acceptors (Lipinski definition) is 3. The summed E-state index contributed by atoms with van der Waals surface area (Å²) in [5.41, 5.74) is 0. The molecule has 0 bridgehead atoms. The second-order valence-electron chi connectivity index (χ2n) is 2.40. The third-order valence-corrected chi connectivity index (χ3v) is 5.36. The van der Waals surface area contributed by atoms with E-state index in [1.807, 2.05) is 12.3 Å². The van der Waals surface area contributed by atoms with Crippen molar-refractivity contribution in [3.63, 3.8) is 0 Å². The zero-order valence-corrected chi connectivity index (χ0v) is 11.8. The van der Waals surface area contributed by atoms with Crippen LogP contribution in [0.1, 0.15) is 16.1 Å². The highest BCUT2D eigenvalue weighted by molar-refractivity contribution is 9.13. The molecule has 5 heteroatoms. The van der Waals surface area contributed by atoms with Crippen LogP contribution < -0.4 is 0 Å². The summed E-state index contributed by atoms with van der Waals surface area (Å²) in [5.74, 6) is 1.12. The fourth-order valence-electron chi connectivity index (χ4n) is 0.802. The van der Waals surface area contributed by atoms with E-state index in [-0.39, 0.29) is 5.78 Å². The lowest BCUT2D eigenvalue weighted by atomic mass is 10.3. The molecule has 0 radical (unpaired) electrons. The van der Waals surface area contributed by atoms with Gasteiger partial charge in [-0.2, -0.15) is 11.8 Å². The van der Waals surface area contributed by atoms with E-state index < -0.39 is 0 Å². The van der Waals surface area contributed by atoms with Crippen LogP contribution in [-0.4, -0.2) is 17.8 Å². The molecule has 1 aromatic rings. The Kier molecular flexibility index (Phi) is 5.00. The number of carbonyl (C=O) groups excluding carboxylic acids is 1. The molecule has 0 spiro atoms. The highest BCUT2D eigenvalue weighted by Gasteiger charge is 2.10. The summed E-state index contributed by atoms with van der Waals surface area (Å²) in [5, 5.41) is 0. The molecule has 1 heterocycles. The standard InChI is InChI=1S/C8H8Br2OS2/c1-12-3-2-6(11)7-4-5(9)8(10)13-7/h4H,2-3H2,1H3. The van der Waals surface area contributed by atoms with Crippen molar-refractivity contribution in [3.8, 4) is 0 Å². The van der Waals surface area contributed by atoms with Crippen LogP contribution >= 0.6 is 55.0 Å². The van der Waals surface area contributed by atoms with Crippen molar-refractivity contribution in [2.24, 2.45) is 0 Å². The smallest absolute Gasteiger partial charge is 0.173 e. The van der Waals surface area contributed by atoms with E-state index in [0.29, 0.717) is 6.42 Å². The van der Waals surface area contributed by atoms with E-state index in [1.54, 1.807) is 11.8 Å². The Balaban J connectivity index is 2.66. The highest BCUT2D eigenvalue weighted by atomic mass is 79.9. The lowest BCUT2D eigenvalue weighted by Crippen LogP contribution is -1.96. The molecule has 0 saturated heterocycles. The topological polar surface area (TPSA) is 17.1 Å². The van der Waals surface area contributed by atoms with Gasteiger partial charge in [0.1, 0.15) is 0 Å². The maximum Gasteiger partial charge on any atom is 0.173 e. The minimum Gasteiger partial charge on any atom is -0.293 e. The summed E-state index contributed by atoms with van der Waals surface area (Å²) in [4.78, 5) is 12.4. The quantitative estimate of drug-likeness (QED) is 0.762. The van der Waals surface area contributed by atoms with Gasteiger partial charge in [0, 0.05) is 16.6 Å². The first-order valence-electron chi connectivity index (χ1n) is 3.62. The second kappa shape index (κ2) is 5.53. The molecule has 0 unspecified atom stereocenters. The molecule has 0 aliphatic rings. The Morgan fingerprint density at radius 2 is 2.31 bits per heavy atom. The zero-order valence-electron chi connectivity index (χ0n) is 6.97. The Morgan fingerprint density at radius 1 is 1.62 bits per heavy atom. The van der Waals surface area contributed by atoms with Crippen LogP contribution in [0.25, 0.3) is 0 Å². The minimum absolute atomic E-state index is 0.228. The molecule has 0 aliphatic carbocycles. The van der Waals surface area contributed by atoms with Gasteiger partial charge in [-0.3, -0.25) is 4.79 Å². The minimum atomic E-state index is 0.228. The fourth-order valence-corrected chi connectivity index (χ4v) is 3.19. The lowest BCUT2D eigenvalue weighted by molar-refractivity contribution is 0.0993. The van der Waals surface area contributed by atoms with Gasteiger partial charge in [0.15, 0.2) is 5.78 Å². The summed E-state index contributed by atoms with van der Waals surface area (Å²) in [6.45, 7) is 0. The summed E-state index contributed by atoms with van der Waals surface area (Å²) in [6.07, 6.45) is 2.63. The van der Waals surface area contributed by atoms with Crippen molar-refractivity contribution in [1.82, 2.24) is 0 Å². The van der Waals surface area contributed by atoms with Crippen LogP contribution in [0.5, 0.6) is 0 Å². The number of thioether (sulfide) groups is 1. The van der Waals surface area contributed by atoms with Crippen molar-refractivity contribution in [3.05, 3.63) is 19.2 Å². The molecule has 1 rings (SSSR count). The summed E-state index contributed by atoms with van der Waals surface area (Å²) < 4.78 is 1.95. The Bertz CT molecular complexity index is 290. The number of ketones is 1. The Morgan fingerprint density at radius 3 is 2.77 bits per heavy atom. The number of halogens is 2. The Hall–Kier alpha value is 0.680. The number of carbonyl (C=O) groups is 1. The van der Waals surface area contributed by atoms with Crippen LogP contribution in [0.3, 0.4) is 0 Å². The molecule has 1 nitrogen and oxygen atoms in total. The van der Waals surface area contributed by atoms with Crippen molar-refractivity contribution >= 4 is 60.7 Å². The van der Waals surface area contributed by atoms with Gasteiger partial charge in [-0.25, -0.2) is 0 Å². The molecule has 0 fully saturated rings.